The molecular formula is C18H24FN5. The smallest absolute Gasteiger partial charge is 0.152 e. The molecule has 1 saturated heterocycles. The number of rotatable bonds is 4. The molecule has 1 aliphatic rings. The molecule has 1 atom stereocenters. The second kappa shape index (κ2) is 7.21. The van der Waals surface area contributed by atoms with E-state index in [0.717, 1.165) is 43.0 Å². The predicted molar refractivity (Wildman–Crippen MR) is 92.6 cm³/mol. The Kier molecular flexibility index (Phi) is 5.04. The average Bonchev–Trinajstić information content (AvgIpc) is 2.57. The molecule has 0 amide bonds. The van der Waals surface area contributed by atoms with E-state index in [1.54, 1.807) is 12.1 Å². The van der Waals surface area contributed by atoms with Crippen LogP contribution in [0.1, 0.15) is 42.8 Å². The van der Waals surface area contributed by atoms with Gasteiger partial charge in [-0.2, -0.15) is 0 Å². The number of anilines is 1. The molecule has 1 aliphatic heterocycles. The van der Waals surface area contributed by atoms with Crippen LogP contribution in [-0.4, -0.2) is 46.3 Å². The van der Waals surface area contributed by atoms with Gasteiger partial charge in [0, 0.05) is 12.0 Å². The van der Waals surface area contributed by atoms with Gasteiger partial charge in [0.15, 0.2) is 5.82 Å². The highest BCUT2D eigenvalue weighted by Gasteiger charge is 2.22. The van der Waals surface area contributed by atoms with Crippen LogP contribution >= 0.6 is 0 Å². The summed E-state index contributed by atoms with van der Waals surface area (Å²) in [7, 11) is 2.15. The summed E-state index contributed by atoms with van der Waals surface area (Å²) in [6.45, 7) is 6.06. The van der Waals surface area contributed by atoms with Gasteiger partial charge in [-0.25, -0.2) is 9.37 Å². The summed E-state index contributed by atoms with van der Waals surface area (Å²) in [4.78, 5) is 6.92. The fourth-order valence-electron chi connectivity index (χ4n) is 3.07. The van der Waals surface area contributed by atoms with Crippen molar-refractivity contribution in [1.29, 1.82) is 0 Å². The molecule has 2 heterocycles. The van der Waals surface area contributed by atoms with E-state index < -0.39 is 0 Å². The normalized spacial score (nSPS) is 17.7. The molecule has 0 aliphatic carbocycles. The Labute approximate surface area is 142 Å². The minimum Gasteiger partial charge on any atom is -0.366 e. The quantitative estimate of drug-likeness (QED) is 0.934. The van der Waals surface area contributed by atoms with Gasteiger partial charge in [0.25, 0.3) is 0 Å². The van der Waals surface area contributed by atoms with Crippen molar-refractivity contribution in [3.05, 3.63) is 47.2 Å². The second-order valence-corrected chi connectivity index (χ2v) is 6.59. The van der Waals surface area contributed by atoms with Gasteiger partial charge < -0.3 is 10.2 Å². The van der Waals surface area contributed by atoms with Crippen molar-refractivity contribution in [1.82, 2.24) is 20.1 Å². The standard InChI is InChI=1S/C18H24FN5/c1-12(14-4-6-15(19)7-5-14)17-18(20-13(2)22-23-17)21-16-8-10-24(3)11-9-16/h4-7,12,16H,8-11H2,1-3H3,(H,20,21,22). The highest BCUT2D eigenvalue weighted by atomic mass is 19.1. The van der Waals surface area contributed by atoms with Crippen LogP contribution < -0.4 is 5.32 Å². The van der Waals surface area contributed by atoms with E-state index in [1.807, 2.05) is 13.8 Å². The largest absolute Gasteiger partial charge is 0.366 e. The van der Waals surface area contributed by atoms with E-state index >= 15 is 0 Å². The molecule has 0 spiro atoms. The Balaban J connectivity index is 1.83. The topological polar surface area (TPSA) is 53.9 Å². The zero-order chi connectivity index (χ0) is 17.1. The molecule has 128 valence electrons. The van der Waals surface area contributed by atoms with Crippen molar-refractivity contribution >= 4 is 5.82 Å². The van der Waals surface area contributed by atoms with Gasteiger partial charge in [-0.3, -0.25) is 0 Å². The highest BCUT2D eigenvalue weighted by molar-refractivity contribution is 5.46. The van der Waals surface area contributed by atoms with Crippen LogP contribution in [0.2, 0.25) is 0 Å². The molecule has 5 nitrogen and oxygen atoms in total. The van der Waals surface area contributed by atoms with Crippen molar-refractivity contribution in [2.45, 2.75) is 38.6 Å². The molecule has 0 saturated carbocycles. The maximum absolute atomic E-state index is 13.2. The molecule has 1 aromatic carbocycles. The minimum absolute atomic E-state index is 0.0000332. The van der Waals surface area contributed by atoms with Crippen molar-refractivity contribution < 1.29 is 4.39 Å². The molecule has 1 unspecified atom stereocenters. The molecule has 1 fully saturated rings. The minimum atomic E-state index is -0.233. The summed E-state index contributed by atoms with van der Waals surface area (Å²) < 4.78 is 13.2. The van der Waals surface area contributed by atoms with E-state index in [0.29, 0.717) is 11.9 Å². The van der Waals surface area contributed by atoms with Crippen LogP contribution in [0.3, 0.4) is 0 Å². The molecule has 3 rings (SSSR count). The number of piperidine rings is 1. The Morgan fingerprint density at radius 2 is 1.83 bits per heavy atom. The Morgan fingerprint density at radius 3 is 2.50 bits per heavy atom. The zero-order valence-electron chi connectivity index (χ0n) is 14.5. The third-order valence-corrected chi connectivity index (χ3v) is 4.66. The number of hydrogen-bond acceptors (Lipinski definition) is 5. The fraction of sp³-hybridized carbons (Fsp3) is 0.500. The van der Waals surface area contributed by atoms with Gasteiger partial charge in [-0.05, 0) is 57.6 Å². The Morgan fingerprint density at radius 1 is 1.17 bits per heavy atom. The molecule has 0 bridgehead atoms. The summed E-state index contributed by atoms with van der Waals surface area (Å²) in [5.74, 6) is 1.22. The summed E-state index contributed by atoms with van der Waals surface area (Å²) in [5, 5.41) is 12.1. The molecule has 1 aromatic heterocycles. The third kappa shape index (κ3) is 3.87. The highest BCUT2D eigenvalue weighted by Crippen LogP contribution is 2.28. The number of hydrogen-bond donors (Lipinski definition) is 1. The van der Waals surface area contributed by atoms with E-state index in [1.165, 1.54) is 12.1 Å². The lowest BCUT2D eigenvalue weighted by molar-refractivity contribution is 0.263. The van der Waals surface area contributed by atoms with E-state index in [4.69, 9.17) is 0 Å². The maximum Gasteiger partial charge on any atom is 0.152 e. The number of halogens is 1. The predicted octanol–water partition coefficient (Wildman–Crippen LogP) is 2.98. The van der Waals surface area contributed by atoms with Crippen LogP contribution in [0.4, 0.5) is 10.2 Å². The van der Waals surface area contributed by atoms with Crippen molar-refractivity contribution in [2.24, 2.45) is 0 Å². The van der Waals surface area contributed by atoms with E-state index in [9.17, 15) is 4.39 Å². The average molecular weight is 329 g/mol. The summed E-state index contributed by atoms with van der Waals surface area (Å²) in [5.41, 5.74) is 1.81. The van der Waals surface area contributed by atoms with Crippen LogP contribution in [0, 0.1) is 12.7 Å². The third-order valence-electron chi connectivity index (χ3n) is 4.66. The Hall–Kier alpha value is -2.08. The first kappa shape index (κ1) is 16.8. The summed E-state index contributed by atoms with van der Waals surface area (Å²) in [6.07, 6.45) is 2.17. The fourth-order valence-corrected chi connectivity index (χ4v) is 3.07. The number of benzene rings is 1. The van der Waals surface area contributed by atoms with Crippen LogP contribution in [0.5, 0.6) is 0 Å². The molecule has 6 heteroatoms. The number of likely N-dealkylation sites (tertiary alicyclic amines) is 1. The lowest BCUT2D eigenvalue weighted by Crippen LogP contribution is -2.37. The van der Waals surface area contributed by atoms with E-state index in [2.05, 4.69) is 32.4 Å². The molecular weight excluding hydrogens is 305 g/mol. The van der Waals surface area contributed by atoms with Crippen LogP contribution in [0.25, 0.3) is 0 Å². The van der Waals surface area contributed by atoms with Crippen LogP contribution in [-0.2, 0) is 0 Å². The summed E-state index contributed by atoms with van der Waals surface area (Å²) >= 11 is 0. The van der Waals surface area contributed by atoms with Crippen molar-refractivity contribution in [2.75, 3.05) is 25.5 Å². The number of nitrogens with zero attached hydrogens (tertiary/aromatic N) is 4. The van der Waals surface area contributed by atoms with Gasteiger partial charge in [0.1, 0.15) is 17.3 Å². The van der Waals surface area contributed by atoms with Crippen molar-refractivity contribution in [3.63, 3.8) is 0 Å². The molecule has 2 aromatic rings. The summed E-state index contributed by atoms with van der Waals surface area (Å²) in [6, 6.07) is 6.94. The van der Waals surface area contributed by atoms with Gasteiger partial charge in [0.05, 0.1) is 0 Å². The Bertz CT molecular complexity index is 680. The second-order valence-electron chi connectivity index (χ2n) is 6.59. The molecule has 24 heavy (non-hydrogen) atoms. The van der Waals surface area contributed by atoms with Gasteiger partial charge >= 0.3 is 0 Å². The van der Waals surface area contributed by atoms with E-state index in [-0.39, 0.29) is 11.7 Å². The van der Waals surface area contributed by atoms with Gasteiger partial charge in [0.2, 0.25) is 0 Å². The lowest BCUT2D eigenvalue weighted by Gasteiger charge is -2.30. The lowest BCUT2D eigenvalue weighted by atomic mass is 9.97. The first-order valence-electron chi connectivity index (χ1n) is 8.44. The number of aryl methyl sites for hydroxylation is 1. The number of aromatic nitrogens is 3. The maximum atomic E-state index is 13.2. The molecule has 0 radical (unpaired) electrons. The van der Waals surface area contributed by atoms with Gasteiger partial charge in [-0.15, -0.1) is 10.2 Å². The zero-order valence-corrected chi connectivity index (χ0v) is 14.5. The van der Waals surface area contributed by atoms with Crippen LogP contribution in [0.15, 0.2) is 24.3 Å². The monoisotopic (exact) mass is 329 g/mol. The first-order valence-corrected chi connectivity index (χ1v) is 8.44. The number of nitrogens with one attached hydrogen (secondary N) is 1. The SMILES string of the molecule is Cc1nnc(C(C)c2ccc(F)cc2)c(NC2CCN(C)CC2)n1. The first-order chi connectivity index (χ1) is 11.5. The molecule has 1 N–H and O–H groups in total. The van der Waals surface area contributed by atoms with Crippen molar-refractivity contribution in [3.8, 4) is 0 Å². The van der Waals surface area contributed by atoms with Gasteiger partial charge in [-0.1, -0.05) is 19.1 Å².